The Morgan fingerprint density at radius 3 is 2.33 bits per heavy atom. The third-order valence-electron chi connectivity index (χ3n) is 3.00. The Balaban J connectivity index is 2.82. The number of hydrogen-bond acceptors (Lipinski definition) is 4. The van der Waals surface area contributed by atoms with Crippen LogP contribution in [-0.4, -0.2) is 28.4 Å². The summed E-state index contributed by atoms with van der Waals surface area (Å²) in [5.74, 6) is -0.447. The number of fused-ring (bicyclic) bond motifs is 1. The van der Waals surface area contributed by atoms with Crippen molar-refractivity contribution in [1.82, 2.24) is 4.72 Å². The van der Waals surface area contributed by atoms with Gasteiger partial charge in [0.2, 0.25) is 0 Å². The summed E-state index contributed by atoms with van der Waals surface area (Å²) in [4.78, 5) is 13.7. The molecule has 1 heterocycles. The highest BCUT2D eigenvalue weighted by Crippen LogP contribution is 2.34. The lowest BCUT2D eigenvalue weighted by atomic mass is 9.96. The van der Waals surface area contributed by atoms with Crippen molar-refractivity contribution < 1.29 is 13.2 Å². The molecule has 0 saturated heterocycles. The van der Waals surface area contributed by atoms with Crippen LogP contribution >= 0.6 is 0 Å². The molecule has 5 nitrogen and oxygen atoms in total. The van der Waals surface area contributed by atoms with Gasteiger partial charge in [-0.05, 0) is 23.6 Å². The third-order valence-corrected chi connectivity index (χ3v) is 4.35. The number of anilines is 1. The van der Waals surface area contributed by atoms with Gasteiger partial charge in [0.25, 0.3) is 15.9 Å². The zero-order valence-corrected chi connectivity index (χ0v) is 11.6. The van der Waals surface area contributed by atoms with Gasteiger partial charge >= 0.3 is 0 Å². The van der Waals surface area contributed by atoms with Gasteiger partial charge in [0.05, 0.1) is 5.56 Å². The van der Waals surface area contributed by atoms with E-state index in [1.54, 1.807) is 0 Å². The van der Waals surface area contributed by atoms with Crippen LogP contribution < -0.4 is 9.62 Å². The molecule has 18 heavy (non-hydrogen) atoms. The summed E-state index contributed by atoms with van der Waals surface area (Å²) in [6, 6.07) is 3.40. The van der Waals surface area contributed by atoms with Crippen LogP contribution in [0.1, 0.15) is 35.7 Å². The number of amides is 1. The van der Waals surface area contributed by atoms with Gasteiger partial charge < -0.3 is 4.90 Å². The molecule has 1 amide bonds. The number of carbonyl (C=O) groups excluding carboxylic acids is 1. The molecular formula is C12H16N2O3S. The molecule has 0 saturated carbocycles. The second kappa shape index (κ2) is 3.98. The molecule has 2 rings (SSSR count). The van der Waals surface area contributed by atoms with Crippen molar-refractivity contribution in [2.75, 3.05) is 19.0 Å². The number of benzene rings is 1. The summed E-state index contributed by atoms with van der Waals surface area (Å²) in [7, 11) is -0.0211. The van der Waals surface area contributed by atoms with Crippen molar-refractivity contribution in [3.05, 3.63) is 23.3 Å². The lowest BCUT2D eigenvalue weighted by molar-refractivity contribution is 0.0984. The van der Waals surface area contributed by atoms with Crippen LogP contribution in [0.15, 0.2) is 17.0 Å². The number of carbonyl (C=O) groups is 1. The van der Waals surface area contributed by atoms with E-state index in [-0.39, 0.29) is 16.4 Å². The molecule has 0 bridgehead atoms. The van der Waals surface area contributed by atoms with E-state index in [1.807, 2.05) is 43.6 Å². The van der Waals surface area contributed by atoms with E-state index >= 15 is 0 Å². The van der Waals surface area contributed by atoms with Crippen molar-refractivity contribution in [3.63, 3.8) is 0 Å². The van der Waals surface area contributed by atoms with Crippen molar-refractivity contribution >= 4 is 21.6 Å². The quantitative estimate of drug-likeness (QED) is 0.878. The van der Waals surface area contributed by atoms with Crippen LogP contribution in [-0.2, 0) is 10.0 Å². The van der Waals surface area contributed by atoms with Crippen molar-refractivity contribution in [3.8, 4) is 0 Å². The summed E-state index contributed by atoms with van der Waals surface area (Å²) in [5, 5.41) is 0. The van der Waals surface area contributed by atoms with E-state index in [9.17, 15) is 13.2 Å². The van der Waals surface area contributed by atoms with Gasteiger partial charge in [-0.25, -0.2) is 13.1 Å². The molecule has 0 unspecified atom stereocenters. The second-order valence-corrected chi connectivity index (χ2v) is 6.54. The molecule has 0 atom stereocenters. The van der Waals surface area contributed by atoms with Gasteiger partial charge in [-0.1, -0.05) is 13.8 Å². The summed E-state index contributed by atoms with van der Waals surface area (Å²) in [5.41, 5.74) is 1.82. The fraction of sp³-hybridized carbons (Fsp3) is 0.417. The lowest BCUT2D eigenvalue weighted by Crippen LogP contribution is -2.21. The average Bonchev–Trinajstić information content (AvgIpc) is 2.48. The van der Waals surface area contributed by atoms with Crippen LogP contribution in [0.5, 0.6) is 0 Å². The topological polar surface area (TPSA) is 66.5 Å². The molecule has 0 aliphatic carbocycles. The normalized spacial score (nSPS) is 16.6. The molecule has 0 aromatic heterocycles. The van der Waals surface area contributed by atoms with Gasteiger partial charge in [0.1, 0.15) is 4.90 Å². The summed E-state index contributed by atoms with van der Waals surface area (Å²) in [6.07, 6.45) is 0. The molecule has 1 aromatic rings. The molecule has 1 aliphatic rings. The van der Waals surface area contributed by atoms with Crippen LogP contribution in [0.25, 0.3) is 0 Å². The standard InChI is InChI=1S/C12H16N2O3S/c1-7(2)9-5-8(14(3)4)6-10-11(9)12(15)13-18(10,16)17/h5-7H,1-4H3,(H,13,15). The minimum Gasteiger partial charge on any atom is -0.378 e. The Morgan fingerprint density at radius 1 is 1.22 bits per heavy atom. The van der Waals surface area contributed by atoms with Crippen LogP contribution in [0, 0.1) is 0 Å². The molecular weight excluding hydrogens is 252 g/mol. The maximum Gasteiger partial charge on any atom is 0.266 e. The first-order valence-electron chi connectivity index (χ1n) is 5.66. The van der Waals surface area contributed by atoms with Crippen LogP contribution in [0.2, 0.25) is 0 Å². The molecule has 6 heteroatoms. The second-order valence-electron chi connectivity index (χ2n) is 4.89. The number of sulfonamides is 1. The summed E-state index contributed by atoms with van der Waals surface area (Å²) < 4.78 is 25.8. The first-order chi connectivity index (χ1) is 8.24. The van der Waals surface area contributed by atoms with Crippen molar-refractivity contribution in [2.45, 2.75) is 24.7 Å². The first kappa shape index (κ1) is 12.9. The fourth-order valence-corrected chi connectivity index (χ4v) is 3.23. The number of nitrogens with one attached hydrogen (secondary N) is 1. The maximum absolute atomic E-state index is 11.9. The number of rotatable bonds is 2. The monoisotopic (exact) mass is 268 g/mol. The highest BCUT2D eigenvalue weighted by molar-refractivity contribution is 7.90. The number of hydrogen-bond donors (Lipinski definition) is 1. The zero-order chi connectivity index (χ0) is 13.7. The first-order valence-corrected chi connectivity index (χ1v) is 7.14. The Morgan fingerprint density at radius 2 is 1.83 bits per heavy atom. The minimum absolute atomic E-state index is 0.0812. The van der Waals surface area contributed by atoms with Gasteiger partial charge in [0.15, 0.2) is 0 Å². The predicted molar refractivity (Wildman–Crippen MR) is 69.5 cm³/mol. The Hall–Kier alpha value is -1.56. The lowest BCUT2D eigenvalue weighted by Gasteiger charge is -2.17. The third kappa shape index (κ3) is 1.86. The minimum atomic E-state index is -3.69. The van der Waals surface area contributed by atoms with Crippen molar-refractivity contribution in [1.29, 1.82) is 0 Å². The molecule has 0 spiro atoms. The molecule has 1 aromatic carbocycles. The predicted octanol–water partition coefficient (Wildman–Crippen LogP) is 1.31. The fourth-order valence-electron chi connectivity index (χ4n) is 2.02. The van der Waals surface area contributed by atoms with Gasteiger partial charge in [-0.3, -0.25) is 4.79 Å². The smallest absolute Gasteiger partial charge is 0.266 e. The zero-order valence-electron chi connectivity index (χ0n) is 10.8. The van der Waals surface area contributed by atoms with Crippen LogP contribution in [0.3, 0.4) is 0 Å². The Kier molecular flexibility index (Phi) is 2.85. The van der Waals surface area contributed by atoms with E-state index in [0.29, 0.717) is 0 Å². The largest absolute Gasteiger partial charge is 0.378 e. The Labute approximate surface area is 107 Å². The van der Waals surface area contributed by atoms with E-state index < -0.39 is 15.9 Å². The molecule has 1 N–H and O–H groups in total. The van der Waals surface area contributed by atoms with Crippen molar-refractivity contribution in [2.24, 2.45) is 0 Å². The molecule has 0 radical (unpaired) electrons. The Bertz CT molecular complexity index is 618. The molecule has 98 valence electrons. The summed E-state index contributed by atoms with van der Waals surface area (Å²) >= 11 is 0. The molecule has 1 aliphatic heterocycles. The van der Waals surface area contributed by atoms with Gasteiger partial charge in [0, 0.05) is 19.8 Å². The van der Waals surface area contributed by atoms with Gasteiger partial charge in [-0.15, -0.1) is 0 Å². The molecule has 0 fully saturated rings. The highest BCUT2D eigenvalue weighted by Gasteiger charge is 2.35. The average molecular weight is 268 g/mol. The van der Waals surface area contributed by atoms with Gasteiger partial charge in [-0.2, -0.15) is 0 Å². The maximum atomic E-state index is 11.9. The highest BCUT2D eigenvalue weighted by atomic mass is 32.2. The van der Waals surface area contributed by atoms with Crippen LogP contribution in [0.4, 0.5) is 5.69 Å². The van der Waals surface area contributed by atoms with E-state index in [2.05, 4.69) is 0 Å². The van der Waals surface area contributed by atoms with E-state index in [0.717, 1.165) is 11.3 Å². The van der Waals surface area contributed by atoms with E-state index in [1.165, 1.54) is 6.07 Å². The SMILES string of the molecule is CC(C)c1cc(N(C)C)cc2c1C(=O)NS2(=O)=O. The summed E-state index contributed by atoms with van der Waals surface area (Å²) in [6.45, 7) is 3.88. The number of nitrogens with zero attached hydrogens (tertiary/aromatic N) is 1. The van der Waals surface area contributed by atoms with E-state index in [4.69, 9.17) is 0 Å².